The van der Waals surface area contributed by atoms with Gasteiger partial charge in [0.05, 0.1) is 18.4 Å². The van der Waals surface area contributed by atoms with E-state index in [2.05, 4.69) is 56.1 Å². The molecular weight excluding hydrogens is 466 g/mol. The molecule has 3 heterocycles. The SMILES string of the molecule is Cc1cc(C=Nc2sc3c(c2C(=O)NCc2ccco2)CC[C@H](C(C)(C)C)C3)ccc1N1CCCC1. The van der Waals surface area contributed by atoms with Crippen LogP contribution in [-0.4, -0.2) is 25.2 Å². The van der Waals surface area contributed by atoms with Crippen LogP contribution in [0.5, 0.6) is 0 Å². The summed E-state index contributed by atoms with van der Waals surface area (Å²) >= 11 is 1.69. The molecule has 190 valence electrons. The van der Waals surface area contributed by atoms with Crippen molar-refractivity contribution in [2.24, 2.45) is 16.3 Å². The first-order valence-corrected chi connectivity index (χ1v) is 14.0. The summed E-state index contributed by atoms with van der Waals surface area (Å²) in [5.74, 6) is 1.30. The first kappa shape index (κ1) is 24.8. The lowest BCUT2D eigenvalue weighted by Gasteiger charge is -2.33. The summed E-state index contributed by atoms with van der Waals surface area (Å²) in [7, 11) is 0. The molecule has 1 aliphatic heterocycles. The van der Waals surface area contributed by atoms with Crippen LogP contribution in [0, 0.1) is 18.3 Å². The molecule has 1 aromatic carbocycles. The Morgan fingerprint density at radius 3 is 2.75 bits per heavy atom. The van der Waals surface area contributed by atoms with Crippen molar-refractivity contribution in [3.63, 3.8) is 0 Å². The number of aryl methyl sites for hydroxylation is 1. The van der Waals surface area contributed by atoms with Gasteiger partial charge in [-0.2, -0.15) is 0 Å². The largest absolute Gasteiger partial charge is 0.467 e. The van der Waals surface area contributed by atoms with E-state index in [0.717, 1.165) is 54.2 Å². The average Bonchev–Trinajstić information content (AvgIpc) is 3.61. The third-order valence-corrected chi connectivity index (χ3v) is 8.86. The fourth-order valence-electron chi connectivity index (χ4n) is 5.51. The van der Waals surface area contributed by atoms with Gasteiger partial charge in [0.2, 0.25) is 0 Å². The van der Waals surface area contributed by atoms with Crippen molar-refractivity contribution in [1.82, 2.24) is 5.32 Å². The van der Waals surface area contributed by atoms with Gasteiger partial charge in [-0.1, -0.05) is 26.8 Å². The molecule has 1 atom stereocenters. The highest BCUT2D eigenvalue weighted by molar-refractivity contribution is 7.16. The van der Waals surface area contributed by atoms with E-state index in [4.69, 9.17) is 9.41 Å². The van der Waals surface area contributed by atoms with Crippen molar-refractivity contribution in [2.45, 2.75) is 66.3 Å². The number of aliphatic imine (C=N–C) groups is 1. The minimum absolute atomic E-state index is 0.0641. The number of carbonyl (C=O) groups excluding carboxylic acids is 1. The van der Waals surface area contributed by atoms with Crippen LogP contribution in [0.15, 0.2) is 46.0 Å². The van der Waals surface area contributed by atoms with Crippen molar-refractivity contribution in [3.05, 3.63) is 69.5 Å². The number of thiophene rings is 1. The number of nitrogens with zero attached hydrogens (tertiary/aromatic N) is 2. The standard InChI is InChI=1S/C30H37N3O2S/c1-20-16-21(9-12-25(20)33-13-5-6-14-33)18-32-29-27(28(34)31-19-23-8-7-15-35-23)24-11-10-22(30(2,3)4)17-26(24)36-29/h7-9,12,15-16,18,22H,5-6,10-11,13-14,17,19H2,1-4H3,(H,31,34)/t22-/m0/s1. The smallest absolute Gasteiger partial charge is 0.255 e. The van der Waals surface area contributed by atoms with E-state index in [-0.39, 0.29) is 11.3 Å². The molecular formula is C30H37N3O2S. The Kier molecular flexibility index (Phi) is 7.07. The summed E-state index contributed by atoms with van der Waals surface area (Å²) in [5.41, 5.74) is 5.84. The summed E-state index contributed by atoms with van der Waals surface area (Å²) in [4.78, 5) is 22.1. The number of fused-ring (bicyclic) bond motifs is 1. The third-order valence-electron chi connectivity index (χ3n) is 7.70. The fraction of sp³-hybridized carbons (Fsp3) is 0.467. The molecule has 1 N–H and O–H groups in total. The van der Waals surface area contributed by atoms with Crippen molar-refractivity contribution in [1.29, 1.82) is 0 Å². The Bertz CT molecular complexity index is 1240. The first-order chi connectivity index (χ1) is 17.3. The first-order valence-electron chi connectivity index (χ1n) is 13.1. The summed E-state index contributed by atoms with van der Waals surface area (Å²) in [6.45, 7) is 11.8. The number of benzene rings is 1. The van der Waals surface area contributed by atoms with Gasteiger partial charge in [0.25, 0.3) is 5.91 Å². The van der Waals surface area contributed by atoms with E-state index in [1.54, 1.807) is 17.6 Å². The van der Waals surface area contributed by atoms with Crippen molar-refractivity contribution in [2.75, 3.05) is 18.0 Å². The Hall–Kier alpha value is -2.86. The number of hydrogen-bond donors (Lipinski definition) is 1. The van der Waals surface area contributed by atoms with Crippen LogP contribution in [0.25, 0.3) is 0 Å². The summed E-state index contributed by atoms with van der Waals surface area (Å²) in [6.07, 6.45) is 9.14. The number of hydrogen-bond acceptors (Lipinski definition) is 5. The highest BCUT2D eigenvalue weighted by Crippen LogP contribution is 2.45. The molecule has 0 bridgehead atoms. The van der Waals surface area contributed by atoms with Crippen LogP contribution in [0.2, 0.25) is 0 Å². The second kappa shape index (κ2) is 10.3. The second-order valence-corrected chi connectivity index (χ2v) is 12.3. The lowest BCUT2D eigenvalue weighted by Crippen LogP contribution is -2.28. The lowest BCUT2D eigenvalue weighted by molar-refractivity contribution is 0.0947. The van der Waals surface area contributed by atoms with Gasteiger partial charge in [-0.05, 0) is 91.3 Å². The highest BCUT2D eigenvalue weighted by Gasteiger charge is 2.33. The molecule has 0 unspecified atom stereocenters. The van der Waals surface area contributed by atoms with Crippen LogP contribution in [-0.2, 0) is 19.4 Å². The quantitative estimate of drug-likeness (QED) is 0.366. The number of carbonyl (C=O) groups is 1. The fourth-order valence-corrected chi connectivity index (χ4v) is 6.78. The Morgan fingerprint density at radius 1 is 1.25 bits per heavy atom. The van der Waals surface area contributed by atoms with E-state index in [0.29, 0.717) is 12.5 Å². The lowest BCUT2D eigenvalue weighted by atomic mass is 9.72. The Balaban J connectivity index is 1.42. The zero-order valence-corrected chi connectivity index (χ0v) is 22.7. The molecule has 2 aromatic heterocycles. The molecule has 2 aliphatic rings. The molecule has 5 nitrogen and oxygen atoms in total. The zero-order valence-electron chi connectivity index (χ0n) is 21.9. The number of nitrogens with one attached hydrogen (secondary N) is 1. The van der Waals surface area contributed by atoms with Gasteiger partial charge in [0.15, 0.2) is 0 Å². The summed E-state index contributed by atoms with van der Waals surface area (Å²) in [6, 6.07) is 10.3. The van der Waals surface area contributed by atoms with E-state index in [9.17, 15) is 4.79 Å². The van der Waals surface area contributed by atoms with E-state index < -0.39 is 0 Å². The maximum Gasteiger partial charge on any atom is 0.255 e. The molecule has 0 saturated carbocycles. The maximum absolute atomic E-state index is 13.4. The molecule has 3 aromatic rings. The van der Waals surface area contributed by atoms with Gasteiger partial charge < -0.3 is 14.6 Å². The number of furan rings is 1. The molecule has 6 heteroatoms. The van der Waals surface area contributed by atoms with Crippen molar-refractivity contribution < 1.29 is 9.21 Å². The van der Waals surface area contributed by atoms with Gasteiger partial charge in [-0.15, -0.1) is 11.3 Å². The summed E-state index contributed by atoms with van der Waals surface area (Å²) in [5, 5.41) is 3.87. The molecule has 1 fully saturated rings. The van der Waals surface area contributed by atoms with Gasteiger partial charge in [-0.3, -0.25) is 4.79 Å². The van der Waals surface area contributed by atoms with Gasteiger partial charge in [-0.25, -0.2) is 4.99 Å². The Morgan fingerprint density at radius 2 is 2.06 bits per heavy atom. The second-order valence-electron chi connectivity index (χ2n) is 11.3. The van der Waals surface area contributed by atoms with Crippen LogP contribution in [0.4, 0.5) is 10.7 Å². The van der Waals surface area contributed by atoms with Crippen LogP contribution in [0.1, 0.15) is 77.7 Å². The predicted molar refractivity (Wildman–Crippen MR) is 149 cm³/mol. The minimum atomic E-state index is -0.0641. The monoisotopic (exact) mass is 503 g/mol. The topological polar surface area (TPSA) is 57.8 Å². The normalized spacial score (nSPS) is 18.1. The predicted octanol–water partition coefficient (Wildman–Crippen LogP) is 7.08. The van der Waals surface area contributed by atoms with E-state index in [1.807, 2.05) is 18.3 Å². The zero-order chi connectivity index (χ0) is 25.3. The van der Waals surface area contributed by atoms with Crippen LogP contribution >= 0.6 is 11.3 Å². The third kappa shape index (κ3) is 5.29. The number of anilines is 1. The van der Waals surface area contributed by atoms with Gasteiger partial charge in [0.1, 0.15) is 10.8 Å². The van der Waals surface area contributed by atoms with Gasteiger partial charge in [0, 0.05) is 29.9 Å². The van der Waals surface area contributed by atoms with Crippen LogP contribution in [0.3, 0.4) is 0 Å². The minimum Gasteiger partial charge on any atom is -0.467 e. The molecule has 1 saturated heterocycles. The molecule has 36 heavy (non-hydrogen) atoms. The average molecular weight is 504 g/mol. The molecule has 1 amide bonds. The number of rotatable bonds is 6. The Labute approximate surface area is 218 Å². The van der Waals surface area contributed by atoms with E-state index in [1.165, 1.54) is 34.5 Å². The summed E-state index contributed by atoms with van der Waals surface area (Å²) < 4.78 is 5.41. The maximum atomic E-state index is 13.4. The van der Waals surface area contributed by atoms with Gasteiger partial charge >= 0.3 is 0 Å². The molecule has 0 radical (unpaired) electrons. The molecule has 5 rings (SSSR count). The van der Waals surface area contributed by atoms with Crippen molar-refractivity contribution in [3.8, 4) is 0 Å². The van der Waals surface area contributed by atoms with Crippen LogP contribution < -0.4 is 10.2 Å². The number of amides is 1. The molecule has 1 aliphatic carbocycles. The van der Waals surface area contributed by atoms with Crippen molar-refractivity contribution >= 4 is 34.1 Å². The molecule has 0 spiro atoms. The van der Waals surface area contributed by atoms with E-state index >= 15 is 0 Å². The highest BCUT2D eigenvalue weighted by atomic mass is 32.1.